The van der Waals surface area contributed by atoms with Crippen LogP contribution in [0, 0.1) is 6.92 Å². The number of rotatable bonds is 7. The maximum Gasteiger partial charge on any atom is 0.334 e. The highest BCUT2D eigenvalue weighted by molar-refractivity contribution is 6.36. The Hall–Kier alpha value is -3.44. The molecule has 0 aliphatic carbocycles. The van der Waals surface area contributed by atoms with Crippen LogP contribution in [0.25, 0.3) is 11.1 Å². The van der Waals surface area contributed by atoms with Crippen LogP contribution in [0.5, 0.6) is 5.75 Å². The fraction of sp³-hybridized carbons (Fsp3) is 0.273. The minimum Gasteiger partial charge on any atom is -0.485 e. The molecule has 0 radical (unpaired) electrons. The fourth-order valence-corrected chi connectivity index (χ4v) is 3.83. The summed E-state index contributed by atoms with van der Waals surface area (Å²) in [5.74, 6) is -0.454. The first kappa shape index (κ1) is 26.2. The van der Waals surface area contributed by atoms with Gasteiger partial charge in [0.05, 0.1) is 28.5 Å². The van der Waals surface area contributed by atoms with Gasteiger partial charge in [0.25, 0.3) is 12.3 Å². The lowest BCUT2D eigenvalue weighted by Gasteiger charge is -2.18. The summed E-state index contributed by atoms with van der Waals surface area (Å²) in [6.45, 7) is 2.66. The molecule has 0 bridgehead atoms. The number of hydrogen-bond acceptors (Lipinski definition) is 5. The number of carbonyl (C=O) groups is 2. The Morgan fingerprint density at radius 1 is 1.17 bits per heavy atom. The first-order valence-corrected chi connectivity index (χ1v) is 11.0. The van der Waals surface area contributed by atoms with Crippen LogP contribution in [0.1, 0.15) is 34.6 Å². The van der Waals surface area contributed by atoms with Crippen LogP contribution in [0.2, 0.25) is 10.0 Å². The number of nitrogens with one attached hydrogen (secondary N) is 3. The maximum atomic E-state index is 12.7. The fourth-order valence-electron chi connectivity index (χ4n) is 3.28. The van der Waals surface area contributed by atoms with Gasteiger partial charge in [-0.1, -0.05) is 23.2 Å². The molecule has 1 atom stereocenters. The summed E-state index contributed by atoms with van der Waals surface area (Å²) in [7, 11) is 1.66. The van der Waals surface area contributed by atoms with E-state index in [0.717, 1.165) is 0 Å². The molecule has 0 aliphatic heterocycles. The zero-order valence-electron chi connectivity index (χ0n) is 18.9. The summed E-state index contributed by atoms with van der Waals surface area (Å²) in [6.07, 6.45) is 1.69. The normalized spacial score (nSPS) is 11.8. The molecule has 9 nitrogen and oxygen atoms in total. The number of amides is 3. The first-order valence-electron chi connectivity index (χ1n) is 10.3. The molecular weight excluding hydrogens is 505 g/mol. The van der Waals surface area contributed by atoms with Crippen molar-refractivity contribution in [2.75, 3.05) is 6.61 Å². The Labute approximate surface area is 209 Å². The van der Waals surface area contributed by atoms with Gasteiger partial charge in [0, 0.05) is 35.6 Å². The van der Waals surface area contributed by atoms with Crippen LogP contribution in [0.4, 0.5) is 13.6 Å². The van der Waals surface area contributed by atoms with E-state index in [0.29, 0.717) is 27.4 Å². The molecule has 186 valence electrons. The van der Waals surface area contributed by atoms with Crippen LogP contribution in [-0.2, 0) is 7.05 Å². The van der Waals surface area contributed by atoms with Gasteiger partial charge in [-0.2, -0.15) is 5.10 Å². The van der Waals surface area contributed by atoms with Crippen molar-refractivity contribution in [2.45, 2.75) is 26.3 Å². The van der Waals surface area contributed by atoms with Crippen molar-refractivity contribution < 1.29 is 23.1 Å². The van der Waals surface area contributed by atoms with Crippen molar-refractivity contribution in [1.29, 1.82) is 0 Å². The third kappa shape index (κ3) is 6.80. The molecule has 1 unspecified atom stereocenters. The van der Waals surface area contributed by atoms with Crippen LogP contribution in [0.3, 0.4) is 0 Å². The molecule has 0 saturated heterocycles. The van der Waals surface area contributed by atoms with E-state index in [1.54, 1.807) is 33.0 Å². The monoisotopic (exact) mass is 526 g/mol. The minimum absolute atomic E-state index is 0.0697. The number of benzene rings is 1. The lowest BCUT2D eigenvalue weighted by molar-refractivity contribution is 0.0822. The Bertz CT molecular complexity index is 1240. The number of halogens is 4. The topological polar surface area (TPSA) is 110 Å². The molecular formula is C22H22Cl2F2N6O3. The van der Waals surface area contributed by atoms with Crippen LogP contribution < -0.4 is 20.9 Å². The average Bonchev–Trinajstić information content (AvgIpc) is 3.22. The van der Waals surface area contributed by atoms with Gasteiger partial charge in [-0.3, -0.25) is 19.9 Å². The highest BCUT2D eigenvalue weighted by Crippen LogP contribution is 2.39. The Morgan fingerprint density at radius 3 is 2.54 bits per heavy atom. The van der Waals surface area contributed by atoms with Crippen LogP contribution in [-0.4, -0.2) is 39.7 Å². The Balaban J connectivity index is 1.71. The van der Waals surface area contributed by atoms with E-state index in [2.05, 4.69) is 26.3 Å². The molecule has 2 heterocycles. The number of ether oxygens (including phenoxy) is 1. The van der Waals surface area contributed by atoms with Gasteiger partial charge < -0.3 is 10.1 Å². The van der Waals surface area contributed by atoms with Crippen molar-refractivity contribution in [3.05, 3.63) is 63.7 Å². The second-order valence-corrected chi connectivity index (χ2v) is 8.41. The summed E-state index contributed by atoms with van der Waals surface area (Å²) < 4.78 is 32.1. The molecule has 3 amide bonds. The molecule has 35 heavy (non-hydrogen) atoms. The molecule has 0 aliphatic rings. The second kappa shape index (κ2) is 11.3. The first-order chi connectivity index (χ1) is 16.5. The lowest BCUT2D eigenvalue weighted by atomic mass is 10.0. The highest BCUT2D eigenvalue weighted by atomic mass is 35.5. The third-order valence-electron chi connectivity index (χ3n) is 4.81. The van der Waals surface area contributed by atoms with E-state index >= 15 is 0 Å². The summed E-state index contributed by atoms with van der Waals surface area (Å²) in [6, 6.07) is 3.52. The van der Waals surface area contributed by atoms with E-state index in [1.807, 2.05) is 0 Å². The SMILES string of the molecule is Cc1cc(-c2cc(Cl)cc(Cl)c2OCC(F)F)cnc1C(C)NC(=O)NNC(=O)c1cnn(C)c1. The predicted molar refractivity (Wildman–Crippen MR) is 127 cm³/mol. The molecule has 3 rings (SSSR count). The van der Waals surface area contributed by atoms with Crippen molar-refractivity contribution in [1.82, 2.24) is 30.9 Å². The van der Waals surface area contributed by atoms with Crippen LogP contribution in [0.15, 0.2) is 36.8 Å². The van der Waals surface area contributed by atoms with Crippen molar-refractivity contribution in [3.8, 4) is 16.9 Å². The number of aromatic nitrogens is 3. The van der Waals surface area contributed by atoms with Gasteiger partial charge in [-0.25, -0.2) is 19.0 Å². The highest BCUT2D eigenvalue weighted by Gasteiger charge is 2.19. The number of nitrogens with zero attached hydrogens (tertiary/aromatic N) is 3. The number of hydrogen-bond donors (Lipinski definition) is 3. The van der Waals surface area contributed by atoms with Gasteiger partial charge in [-0.05, 0) is 37.6 Å². The average molecular weight is 527 g/mol. The molecule has 13 heteroatoms. The zero-order chi connectivity index (χ0) is 25.7. The molecule has 3 N–H and O–H groups in total. The summed E-state index contributed by atoms with van der Waals surface area (Å²) >= 11 is 12.3. The maximum absolute atomic E-state index is 12.7. The standard InChI is InChI=1S/C22H22Cl2F2N6O3/c1-11-4-13(16-5-15(23)6-17(24)20(16)35-10-18(25)26)7-27-19(11)12(2)29-22(34)31-30-21(33)14-8-28-32(3)9-14/h4-9,12,18H,10H2,1-3H3,(H,30,33)(H2,29,31,34). The number of urea groups is 1. The van der Waals surface area contributed by atoms with Gasteiger partial charge >= 0.3 is 6.03 Å². The van der Waals surface area contributed by atoms with E-state index in [9.17, 15) is 18.4 Å². The van der Waals surface area contributed by atoms with Gasteiger partial charge in [0.15, 0.2) is 0 Å². The Kier molecular flexibility index (Phi) is 8.47. The van der Waals surface area contributed by atoms with E-state index in [4.69, 9.17) is 27.9 Å². The number of hydrazine groups is 1. The molecule has 0 fully saturated rings. The van der Waals surface area contributed by atoms with Crippen LogP contribution >= 0.6 is 23.2 Å². The number of pyridine rings is 1. The molecule has 0 saturated carbocycles. The van der Waals surface area contributed by atoms with Gasteiger partial charge in [0.1, 0.15) is 12.4 Å². The van der Waals surface area contributed by atoms with Crippen molar-refractivity contribution in [2.24, 2.45) is 7.05 Å². The van der Waals surface area contributed by atoms with E-state index in [1.165, 1.54) is 29.3 Å². The zero-order valence-corrected chi connectivity index (χ0v) is 20.4. The minimum atomic E-state index is -2.68. The summed E-state index contributed by atoms with van der Waals surface area (Å²) in [4.78, 5) is 28.7. The second-order valence-electron chi connectivity index (χ2n) is 7.57. The lowest BCUT2D eigenvalue weighted by Crippen LogP contribution is -2.47. The van der Waals surface area contributed by atoms with Crippen molar-refractivity contribution >= 4 is 35.1 Å². The molecule has 0 spiro atoms. The Morgan fingerprint density at radius 2 is 1.91 bits per heavy atom. The smallest absolute Gasteiger partial charge is 0.334 e. The van der Waals surface area contributed by atoms with E-state index < -0.39 is 31.0 Å². The third-order valence-corrected chi connectivity index (χ3v) is 5.31. The predicted octanol–water partition coefficient (Wildman–Crippen LogP) is 4.45. The molecule has 1 aromatic carbocycles. The number of aryl methyl sites for hydroxylation is 2. The summed E-state index contributed by atoms with van der Waals surface area (Å²) in [5, 5.41) is 6.95. The summed E-state index contributed by atoms with van der Waals surface area (Å²) in [5.41, 5.74) is 7.03. The quantitative estimate of drug-likeness (QED) is 0.394. The van der Waals surface area contributed by atoms with Crippen molar-refractivity contribution in [3.63, 3.8) is 0 Å². The molecule has 3 aromatic rings. The van der Waals surface area contributed by atoms with E-state index in [-0.39, 0.29) is 16.3 Å². The largest absolute Gasteiger partial charge is 0.485 e. The van der Waals surface area contributed by atoms with Gasteiger partial charge in [0.2, 0.25) is 0 Å². The number of carbonyl (C=O) groups excluding carboxylic acids is 2. The number of alkyl halides is 2. The molecule has 2 aromatic heterocycles. The van der Waals surface area contributed by atoms with Gasteiger partial charge in [-0.15, -0.1) is 0 Å².